The van der Waals surface area contributed by atoms with Gasteiger partial charge in [-0.05, 0) is 48.0 Å². The average molecular weight is 475 g/mol. The maximum Gasteiger partial charge on any atom is 0.339 e. The molecule has 172 valence electrons. The van der Waals surface area contributed by atoms with E-state index in [9.17, 15) is 13.2 Å². The number of nitrogens with one attached hydrogen (secondary N) is 1. The molecule has 4 aromatic carbocycles. The van der Waals surface area contributed by atoms with E-state index < -0.39 is 16.0 Å². The number of carbonyl (C=O) groups is 1. The molecule has 0 unspecified atom stereocenters. The molecule has 34 heavy (non-hydrogen) atoms. The number of ether oxygens (including phenoxy) is 1. The highest BCUT2D eigenvalue weighted by Gasteiger charge is 2.21. The third kappa shape index (κ3) is 4.92. The van der Waals surface area contributed by atoms with Gasteiger partial charge in [-0.3, -0.25) is 4.79 Å². The Morgan fingerprint density at radius 3 is 2.38 bits per heavy atom. The molecule has 0 bridgehead atoms. The lowest BCUT2D eigenvalue weighted by atomic mass is 10.0. The Morgan fingerprint density at radius 1 is 0.912 bits per heavy atom. The van der Waals surface area contributed by atoms with E-state index in [4.69, 9.17) is 8.92 Å². The minimum absolute atomic E-state index is 0.0103. The maximum atomic E-state index is 12.8. The number of hydrogen-bond donors (Lipinski definition) is 1. The highest BCUT2D eigenvalue weighted by atomic mass is 32.2. The van der Waals surface area contributed by atoms with E-state index in [0.29, 0.717) is 11.1 Å². The van der Waals surface area contributed by atoms with Gasteiger partial charge >= 0.3 is 10.1 Å². The van der Waals surface area contributed by atoms with E-state index in [1.54, 1.807) is 42.5 Å². The molecule has 1 amide bonds. The highest BCUT2D eigenvalue weighted by molar-refractivity contribution is 7.87. The molecule has 0 atom stereocenters. The van der Waals surface area contributed by atoms with E-state index in [1.807, 2.05) is 37.3 Å². The quantitative estimate of drug-likeness (QED) is 0.238. The summed E-state index contributed by atoms with van der Waals surface area (Å²) in [6.45, 7) is 1.86. The molecular weight excluding hydrogens is 452 g/mol. The summed E-state index contributed by atoms with van der Waals surface area (Å²) >= 11 is 0. The summed E-state index contributed by atoms with van der Waals surface area (Å²) in [5.41, 5.74) is 4.20. The van der Waals surface area contributed by atoms with Crippen LogP contribution in [0.2, 0.25) is 0 Å². The number of aryl methyl sites for hydroxylation is 1. The summed E-state index contributed by atoms with van der Waals surface area (Å²) in [6.07, 6.45) is 1.31. The van der Waals surface area contributed by atoms with Gasteiger partial charge in [0.05, 0.1) is 13.3 Å². The zero-order valence-corrected chi connectivity index (χ0v) is 19.4. The van der Waals surface area contributed by atoms with Gasteiger partial charge in [0, 0.05) is 11.1 Å². The molecule has 1 N–H and O–H groups in total. The van der Waals surface area contributed by atoms with Crippen LogP contribution in [0.15, 0.2) is 94.9 Å². The number of fused-ring (bicyclic) bond motifs is 1. The van der Waals surface area contributed by atoms with Crippen molar-refractivity contribution in [2.45, 2.75) is 11.8 Å². The smallest absolute Gasteiger partial charge is 0.339 e. The Kier molecular flexibility index (Phi) is 6.60. The number of carbonyl (C=O) groups excluding carboxylic acids is 1. The number of hydrazone groups is 1. The monoisotopic (exact) mass is 474 g/mol. The number of amides is 1. The number of hydrogen-bond acceptors (Lipinski definition) is 6. The zero-order chi connectivity index (χ0) is 24.1. The van der Waals surface area contributed by atoms with Crippen LogP contribution in [0.1, 0.15) is 21.5 Å². The predicted octanol–water partition coefficient (Wildman–Crippen LogP) is 4.69. The number of nitrogens with zero attached hydrogens (tertiary/aromatic N) is 1. The van der Waals surface area contributed by atoms with Crippen molar-refractivity contribution in [1.29, 1.82) is 0 Å². The van der Waals surface area contributed by atoms with Crippen molar-refractivity contribution in [2.75, 3.05) is 7.11 Å². The molecular formula is C26H22N2O5S. The molecule has 0 spiro atoms. The van der Waals surface area contributed by atoms with E-state index >= 15 is 0 Å². The van der Waals surface area contributed by atoms with E-state index in [0.717, 1.165) is 16.3 Å². The fourth-order valence-electron chi connectivity index (χ4n) is 3.39. The van der Waals surface area contributed by atoms with Crippen LogP contribution in [-0.2, 0) is 10.1 Å². The van der Waals surface area contributed by atoms with Crippen LogP contribution in [0.3, 0.4) is 0 Å². The van der Waals surface area contributed by atoms with Crippen LogP contribution in [0, 0.1) is 6.92 Å². The van der Waals surface area contributed by atoms with Crippen molar-refractivity contribution in [2.24, 2.45) is 5.10 Å². The molecule has 0 fully saturated rings. The Bertz CT molecular complexity index is 1470. The average Bonchev–Trinajstić information content (AvgIpc) is 2.84. The summed E-state index contributed by atoms with van der Waals surface area (Å²) in [6, 6.07) is 24.1. The van der Waals surface area contributed by atoms with Crippen molar-refractivity contribution >= 4 is 33.0 Å². The molecule has 0 aliphatic carbocycles. The van der Waals surface area contributed by atoms with Crippen molar-refractivity contribution < 1.29 is 22.1 Å². The van der Waals surface area contributed by atoms with Crippen LogP contribution in [0.5, 0.6) is 11.5 Å². The zero-order valence-electron chi connectivity index (χ0n) is 18.6. The first-order chi connectivity index (χ1) is 16.4. The van der Waals surface area contributed by atoms with Gasteiger partial charge in [-0.25, -0.2) is 5.43 Å². The van der Waals surface area contributed by atoms with Crippen LogP contribution >= 0.6 is 0 Å². The second-order valence-electron chi connectivity index (χ2n) is 7.45. The topological polar surface area (TPSA) is 94.1 Å². The van der Waals surface area contributed by atoms with Crippen LogP contribution in [0.25, 0.3) is 10.8 Å². The Hall–Kier alpha value is -4.17. The molecule has 4 rings (SSSR count). The van der Waals surface area contributed by atoms with E-state index in [-0.39, 0.29) is 16.4 Å². The van der Waals surface area contributed by atoms with Gasteiger partial charge in [-0.1, -0.05) is 60.2 Å². The lowest BCUT2D eigenvalue weighted by Gasteiger charge is -2.13. The lowest BCUT2D eigenvalue weighted by Crippen LogP contribution is -2.18. The highest BCUT2D eigenvalue weighted by Crippen LogP contribution is 2.32. The summed E-state index contributed by atoms with van der Waals surface area (Å²) in [5.74, 6) is -0.223. The largest absolute Gasteiger partial charge is 0.493 e. The second-order valence-corrected chi connectivity index (χ2v) is 9.00. The first-order valence-corrected chi connectivity index (χ1v) is 11.8. The van der Waals surface area contributed by atoms with Gasteiger partial charge in [0.1, 0.15) is 4.90 Å². The third-order valence-corrected chi connectivity index (χ3v) is 6.37. The van der Waals surface area contributed by atoms with Gasteiger partial charge in [-0.15, -0.1) is 0 Å². The Labute approximate surface area is 197 Å². The van der Waals surface area contributed by atoms with Gasteiger partial charge in [0.15, 0.2) is 11.5 Å². The van der Waals surface area contributed by atoms with Gasteiger partial charge in [0.25, 0.3) is 5.91 Å². The number of rotatable bonds is 7. The molecule has 0 saturated heterocycles. The minimum Gasteiger partial charge on any atom is -0.493 e. The molecule has 0 saturated carbocycles. The summed E-state index contributed by atoms with van der Waals surface area (Å²) in [5, 5.41) is 5.75. The van der Waals surface area contributed by atoms with Crippen molar-refractivity contribution in [3.8, 4) is 11.5 Å². The summed E-state index contributed by atoms with van der Waals surface area (Å²) in [4.78, 5) is 12.7. The maximum absolute atomic E-state index is 12.8. The third-order valence-electron chi connectivity index (χ3n) is 5.14. The summed E-state index contributed by atoms with van der Waals surface area (Å²) < 4.78 is 36.4. The molecule has 0 aromatic heterocycles. The Morgan fingerprint density at radius 2 is 1.62 bits per heavy atom. The number of para-hydroxylation sites is 1. The Balaban J connectivity index is 1.60. The van der Waals surface area contributed by atoms with Gasteiger partial charge < -0.3 is 8.92 Å². The fourth-order valence-corrected chi connectivity index (χ4v) is 4.35. The lowest BCUT2D eigenvalue weighted by molar-refractivity contribution is 0.0956. The number of benzene rings is 4. The normalized spacial score (nSPS) is 11.5. The van der Waals surface area contributed by atoms with Crippen LogP contribution in [0.4, 0.5) is 0 Å². The van der Waals surface area contributed by atoms with Gasteiger partial charge in [-0.2, -0.15) is 13.5 Å². The molecule has 7 nitrogen and oxygen atoms in total. The molecule has 0 aliphatic rings. The molecule has 0 heterocycles. The van der Waals surface area contributed by atoms with Crippen molar-refractivity contribution in [3.05, 3.63) is 102 Å². The molecule has 4 aromatic rings. The SMILES string of the molecule is COc1cccc(/C=N\NC(=O)c2cccc3ccccc23)c1OS(=O)(=O)c1ccc(C)cc1. The second kappa shape index (κ2) is 9.76. The fraction of sp³-hybridized carbons (Fsp3) is 0.0769. The van der Waals surface area contributed by atoms with E-state index in [2.05, 4.69) is 10.5 Å². The van der Waals surface area contributed by atoms with Crippen molar-refractivity contribution in [3.63, 3.8) is 0 Å². The first-order valence-electron chi connectivity index (χ1n) is 10.4. The standard InChI is InChI=1S/C26H22N2O5S/c1-18-13-15-21(16-14-18)34(30,31)33-25-20(9-6-12-24(25)32-2)17-27-28-26(29)23-11-5-8-19-7-3-4-10-22(19)23/h3-17H,1-2H3,(H,28,29)/b27-17-. The predicted molar refractivity (Wildman–Crippen MR) is 131 cm³/mol. The molecule has 0 radical (unpaired) electrons. The minimum atomic E-state index is -4.12. The van der Waals surface area contributed by atoms with E-state index in [1.165, 1.54) is 25.5 Å². The molecule has 0 aliphatic heterocycles. The van der Waals surface area contributed by atoms with Crippen LogP contribution < -0.4 is 14.3 Å². The van der Waals surface area contributed by atoms with Gasteiger partial charge in [0.2, 0.25) is 0 Å². The van der Waals surface area contributed by atoms with Crippen molar-refractivity contribution in [1.82, 2.24) is 5.43 Å². The van der Waals surface area contributed by atoms with Crippen LogP contribution in [-0.4, -0.2) is 27.6 Å². The summed E-state index contributed by atoms with van der Waals surface area (Å²) in [7, 11) is -2.72. The first kappa shape index (κ1) is 23.0. The molecule has 8 heteroatoms. The number of methoxy groups -OCH3 is 1.